The van der Waals surface area contributed by atoms with Gasteiger partial charge >= 0.3 is 0 Å². The van der Waals surface area contributed by atoms with Gasteiger partial charge in [0.15, 0.2) is 0 Å². The van der Waals surface area contributed by atoms with Crippen LogP contribution >= 0.6 is 0 Å². The van der Waals surface area contributed by atoms with E-state index in [-0.39, 0.29) is 5.41 Å². The van der Waals surface area contributed by atoms with Crippen molar-refractivity contribution in [3.8, 4) is 5.75 Å². The highest BCUT2D eigenvalue weighted by atomic mass is 16.5. The topological polar surface area (TPSA) is 49.9 Å². The van der Waals surface area contributed by atoms with E-state index >= 15 is 0 Å². The second-order valence-electron chi connectivity index (χ2n) is 5.25. The largest absolute Gasteiger partial charge is 0.497 e. The van der Waals surface area contributed by atoms with Crippen LogP contribution in [0.1, 0.15) is 25.2 Å². The summed E-state index contributed by atoms with van der Waals surface area (Å²) >= 11 is 0. The quantitative estimate of drug-likeness (QED) is 0.838. The molecule has 0 aliphatic rings. The van der Waals surface area contributed by atoms with Crippen LogP contribution in [0.2, 0.25) is 0 Å². The second kappa shape index (κ2) is 5.89. The van der Waals surface area contributed by atoms with Crippen molar-refractivity contribution in [3.63, 3.8) is 0 Å². The van der Waals surface area contributed by atoms with Crippen molar-refractivity contribution in [1.82, 2.24) is 15.3 Å². The summed E-state index contributed by atoms with van der Waals surface area (Å²) < 4.78 is 5.18. The molecule has 0 saturated heterocycles. The fraction of sp³-hybridized carbons (Fsp3) is 0.400. The van der Waals surface area contributed by atoms with E-state index in [2.05, 4.69) is 41.3 Å². The maximum Gasteiger partial charge on any atom is 0.120 e. The van der Waals surface area contributed by atoms with Crippen LogP contribution in [-0.4, -0.2) is 23.6 Å². The molecule has 0 saturated carbocycles. The van der Waals surface area contributed by atoms with Crippen molar-refractivity contribution >= 4 is 0 Å². The Bertz CT molecular complexity index is 489. The Hall–Kier alpha value is -1.81. The van der Waals surface area contributed by atoms with Crippen molar-refractivity contribution in [2.24, 2.45) is 0 Å². The van der Waals surface area contributed by atoms with Gasteiger partial charge in [-0.1, -0.05) is 26.0 Å². The Morgan fingerprint density at radius 3 is 2.58 bits per heavy atom. The lowest BCUT2D eigenvalue weighted by molar-refractivity contribution is 0.413. The Balaban J connectivity index is 1.92. The lowest BCUT2D eigenvalue weighted by Gasteiger charge is -2.25. The Morgan fingerprint density at radius 2 is 2.00 bits per heavy atom. The summed E-state index contributed by atoms with van der Waals surface area (Å²) in [7, 11) is 1.69. The molecule has 0 bridgehead atoms. The standard InChI is InChI=1S/C15H21N3O/c1-15(2,11-16-10-14-17-8-9-18-14)12-4-6-13(19-3)7-5-12/h4-9,16H,10-11H2,1-3H3,(H,17,18). The first kappa shape index (κ1) is 13.6. The molecule has 1 aromatic heterocycles. The average molecular weight is 259 g/mol. The van der Waals surface area contributed by atoms with E-state index in [9.17, 15) is 0 Å². The maximum atomic E-state index is 5.18. The number of methoxy groups -OCH3 is 1. The van der Waals surface area contributed by atoms with Gasteiger partial charge in [-0.05, 0) is 17.7 Å². The summed E-state index contributed by atoms with van der Waals surface area (Å²) in [5.74, 6) is 1.86. The van der Waals surface area contributed by atoms with E-state index in [4.69, 9.17) is 4.74 Å². The fourth-order valence-corrected chi connectivity index (χ4v) is 2.03. The molecule has 4 heteroatoms. The normalized spacial score (nSPS) is 11.5. The van der Waals surface area contributed by atoms with Crippen LogP contribution < -0.4 is 10.1 Å². The number of hydrogen-bond donors (Lipinski definition) is 2. The smallest absolute Gasteiger partial charge is 0.120 e. The number of imidazole rings is 1. The van der Waals surface area contributed by atoms with Gasteiger partial charge in [-0.25, -0.2) is 4.98 Å². The number of ether oxygens (including phenoxy) is 1. The summed E-state index contributed by atoms with van der Waals surface area (Å²) in [6.07, 6.45) is 3.61. The highest BCUT2D eigenvalue weighted by Crippen LogP contribution is 2.24. The Labute approximate surface area is 114 Å². The van der Waals surface area contributed by atoms with Crippen LogP contribution in [0.3, 0.4) is 0 Å². The number of aromatic nitrogens is 2. The third-order valence-corrected chi connectivity index (χ3v) is 3.29. The first-order chi connectivity index (χ1) is 9.12. The van der Waals surface area contributed by atoms with Gasteiger partial charge in [-0.3, -0.25) is 0 Å². The number of rotatable bonds is 6. The van der Waals surface area contributed by atoms with Crippen LogP contribution in [0.25, 0.3) is 0 Å². The predicted octanol–water partition coefficient (Wildman–Crippen LogP) is 2.49. The summed E-state index contributed by atoms with van der Waals surface area (Å²) in [5.41, 5.74) is 1.36. The zero-order chi connectivity index (χ0) is 13.7. The number of hydrogen-bond acceptors (Lipinski definition) is 3. The molecule has 2 rings (SSSR count). The predicted molar refractivity (Wildman–Crippen MR) is 76.3 cm³/mol. The zero-order valence-electron chi connectivity index (χ0n) is 11.7. The van der Waals surface area contributed by atoms with Gasteiger partial charge in [0, 0.05) is 24.4 Å². The van der Waals surface area contributed by atoms with Crippen molar-refractivity contribution in [1.29, 1.82) is 0 Å². The van der Waals surface area contributed by atoms with Crippen LogP contribution in [0.4, 0.5) is 0 Å². The van der Waals surface area contributed by atoms with Crippen LogP contribution in [0.5, 0.6) is 5.75 Å². The van der Waals surface area contributed by atoms with Gasteiger partial charge in [-0.15, -0.1) is 0 Å². The van der Waals surface area contributed by atoms with Gasteiger partial charge in [0.05, 0.1) is 13.7 Å². The highest BCUT2D eigenvalue weighted by molar-refractivity contribution is 5.31. The van der Waals surface area contributed by atoms with Crippen molar-refractivity contribution < 1.29 is 4.74 Å². The summed E-state index contributed by atoms with van der Waals surface area (Å²) in [6, 6.07) is 8.24. The molecule has 2 N–H and O–H groups in total. The van der Waals surface area contributed by atoms with Crippen molar-refractivity contribution in [3.05, 3.63) is 48.0 Å². The molecule has 4 nitrogen and oxygen atoms in total. The molecule has 0 aliphatic heterocycles. The van der Waals surface area contributed by atoms with Crippen molar-refractivity contribution in [2.75, 3.05) is 13.7 Å². The van der Waals surface area contributed by atoms with E-state index in [1.807, 2.05) is 18.3 Å². The molecule has 0 radical (unpaired) electrons. The molecule has 0 aliphatic carbocycles. The monoisotopic (exact) mass is 259 g/mol. The summed E-state index contributed by atoms with van der Waals surface area (Å²) in [6.45, 7) is 6.10. The minimum absolute atomic E-state index is 0.0683. The minimum Gasteiger partial charge on any atom is -0.497 e. The number of aromatic amines is 1. The third-order valence-electron chi connectivity index (χ3n) is 3.29. The highest BCUT2D eigenvalue weighted by Gasteiger charge is 2.20. The van der Waals surface area contributed by atoms with Crippen molar-refractivity contribution in [2.45, 2.75) is 25.8 Å². The lowest BCUT2D eigenvalue weighted by Crippen LogP contribution is -2.32. The molecule has 0 spiro atoms. The summed E-state index contributed by atoms with van der Waals surface area (Å²) in [4.78, 5) is 7.28. The molecule has 19 heavy (non-hydrogen) atoms. The average Bonchev–Trinajstić information content (AvgIpc) is 2.92. The zero-order valence-corrected chi connectivity index (χ0v) is 11.7. The third kappa shape index (κ3) is 3.58. The molecule has 1 aromatic carbocycles. The van der Waals surface area contributed by atoms with Crippen LogP contribution in [0.15, 0.2) is 36.7 Å². The lowest BCUT2D eigenvalue weighted by atomic mass is 9.84. The number of nitrogens with one attached hydrogen (secondary N) is 2. The molecule has 102 valence electrons. The molecule has 1 heterocycles. The summed E-state index contributed by atoms with van der Waals surface area (Å²) in [5, 5.41) is 3.43. The van der Waals surface area contributed by atoms with E-state index in [1.54, 1.807) is 13.3 Å². The second-order valence-corrected chi connectivity index (χ2v) is 5.25. The van der Waals surface area contributed by atoms with E-state index in [0.29, 0.717) is 0 Å². The van der Waals surface area contributed by atoms with Crippen LogP contribution in [0, 0.1) is 0 Å². The minimum atomic E-state index is 0.0683. The molecule has 0 unspecified atom stereocenters. The van der Waals surface area contributed by atoms with Gasteiger partial charge < -0.3 is 15.0 Å². The SMILES string of the molecule is COc1ccc(C(C)(C)CNCc2ncc[nH]2)cc1. The Morgan fingerprint density at radius 1 is 1.26 bits per heavy atom. The van der Waals surface area contributed by atoms with Crippen LogP contribution in [-0.2, 0) is 12.0 Å². The molecule has 2 aromatic rings. The molecule has 0 fully saturated rings. The van der Waals surface area contributed by atoms with Gasteiger partial charge in [-0.2, -0.15) is 0 Å². The molecule has 0 atom stereocenters. The molecular formula is C15H21N3O. The number of nitrogens with zero attached hydrogens (tertiary/aromatic N) is 1. The maximum absolute atomic E-state index is 5.18. The van der Waals surface area contributed by atoms with Gasteiger partial charge in [0.25, 0.3) is 0 Å². The van der Waals surface area contributed by atoms with Gasteiger partial charge in [0.2, 0.25) is 0 Å². The number of benzene rings is 1. The molecule has 0 amide bonds. The fourth-order valence-electron chi connectivity index (χ4n) is 2.03. The molecular weight excluding hydrogens is 238 g/mol. The van der Waals surface area contributed by atoms with E-state index < -0.39 is 0 Å². The first-order valence-corrected chi connectivity index (χ1v) is 6.45. The van der Waals surface area contributed by atoms with Gasteiger partial charge in [0.1, 0.15) is 11.6 Å². The Kier molecular flexibility index (Phi) is 4.22. The van der Waals surface area contributed by atoms with E-state index in [0.717, 1.165) is 24.7 Å². The first-order valence-electron chi connectivity index (χ1n) is 6.45. The van der Waals surface area contributed by atoms with E-state index in [1.165, 1.54) is 5.56 Å². The number of H-pyrrole nitrogens is 1.